The van der Waals surface area contributed by atoms with Crippen LogP contribution in [0.2, 0.25) is 0 Å². The van der Waals surface area contributed by atoms with Crippen molar-refractivity contribution in [2.24, 2.45) is 5.92 Å². The Bertz CT molecular complexity index is 795. The molecule has 0 saturated heterocycles. The van der Waals surface area contributed by atoms with E-state index in [0.29, 0.717) is 12.8 Å². The van der Waals surface area contributed by atoms with Gasteiger partial charge in [0.1, 0.15) is 17.5 Å². The monoisotopic (exact) mass is 336 g/mol. The second-order valence-corrected chi connectivity index (χ2v) is 7.07. The number of benzene rings is 2. The zero-order chi connectivity index (χ0) is 18.1. The normalized spacial score (nSPS) is 20.2. The van der Waals surface area contributed by atoms with Gasteiger partial charge in [0.2, 0.25) is 0 Å². The van der Waals surface area contributed by atoms with Crippen molar-refractivity contribution in [1.82, 2.24) is 0 Å². The topological polar surface area (TPSA) is 43.4 Å². The molecule has 0 bridgehead atoms. The maximum Gasteiger partial charge on any atom is 0.151 e. The van der Waals surface area contributed by atoms with Gasteiger partial charge in [-0.05, 0) is 61.6 Å². The fourth-order valence-corrected chi connectivity index (χ4v) is 4.02. The van der Waals surface area contributed by atoms with Crippen LogP contribution in [0.1, 0.15) is 40.2 Å². The molecule has 0 N–H and O–H groups in total. The van der Waals surface area contributed by atoms with Crippen LogP contribution < -0.4 is 4.74 Å². The molecule has 0 spiro atoms. The first-order valence-electron chi connectivity index (χ1n) is 8.67. The summed E-state index contributed by atoms with van der Waals surface area (Å²) in [5.74, 6) is 0.0886. The summed E-state index contributed by atoms with van der Waals surface area (Å²) in [5, 5.41) is 0. The Morgan fingerprint density at radius 3 is 2.16 bits per heavy atom. The molecule has 2 unspecified atom stereocenters. The first-order valence-corrected chi connectivity index (χ1v) is 8.67. The summed E-state index contributed by atoms with van der Waals surface area (Å²) in [6.07, 6.45) is 0.942. The quantitative estimate of drug-likeness (QED) is 0.789. The fraction of sp³-hybridized carbons (Fsp3) is 0.364. The predicted molar refractivity (Wildman–Crippen MR) is 98.2 cm³/mol. The zero-order valence-corrected chi connectivity index (χ0v) is 15.3. The van der Waals surface area contributed by atoms with Gasteiger partial charge in [-0.15, -0.1) is 0 Å². The van der Waals surface area contributed by atoms with E-state index < -0.39 is 5.92 Å². The highest BCUT2D eigenvalue weighted by Crippen LogP contribution is 2.37. The molecule has 3 rings (SSSR count). The molecule has 3 nitrogen and oxygen atoms in total. The van der Waals surface area contributed by atoms with E-state index in [9.17, 15) is 9.59 Å². The van der Waals surface area contributed by atoms with Gasteiger partial charge >= 0.3 is 0 Å². The van der Waals surface area contributed by atoms with E-state index in [1.807, 2.05) is 45.0 Å². The standard InChI is InChI=1S/C22H24O3/c1-13-9-14(2)20(15(3)10-13)21-19(23)12-17(22(21)24)11-16-5-7-18(25-4)8-6-16/h5-10,17,21H,11-12H2,1-4H3. The van der Waals surface area contributed by atoms with Gasteiger partial charge in [0, 0.05) is 12.3 Å². The molecule has 130 valence electrons. The van der Waals surface area contributed by atoms with Gasteiger partial charge in [-0.2, -0.15) is 0 Å². The Kier molecular flexibility index (Phi) is 4.76. The van der Waals surface area contributed by atoms with Gasteiger partial charge in [-0.3, -0.25) is 9.59 Å². The van der Waals surface area contributed by atoms with Crippen LogP contribution in [0.3, 0.4) is 0 Å². The van der Waals surface area contributed by atoms with E-state index in [1.54, 1.807) is 7.11 Å². The van der Waals surface area contributed by atoms with Gasteiger partial charge in [0.15, 0.2) is 5.78 Å². The average Bonchev–Trinajstić information content (AvgIpc) is 2.82. The van der Waals surface area contributed by atoms with Crippen LogP contribution in [0.25, 0.3) is 0 Å². The summed E-state index contributed by atoms with van der Waals surface area (Å²) >= 11 is 0. The van der Waals surface area contributed by atoms with E-state index in [0.717, 1.165) is 33.6 Å². The number of rotatable bonds is 4. The lowest BCUT2D eigenvalue weighted by Gasteiger charge is -2.16. The van der Waals surface area contributed by atoms with E-state index in [4.69, 9.17) is 4.74 Å². The zero-order valence-electron chi connectivity index (χ0n) is 15.3. The number of hydrogen-bond donors (Lipinski definition) is 0. The van der Waals surface area contributed by atoms with Crippen LogP contribution in [0.4, 0.5) is 0 Å². The van der Waals surface area contributed by atoms with Crippen LogP contribution in [-0.2, 0) is 16.0 Å². The first-order chi connectivity index (χ1) is 11.9. The summed E-state index contributed by atoms with van der Waals surface area (Å²) in [7, 11) is 1.63. The van der Waals surface area contributed by atoms with Gasteiger partial charge in [-0.25, -0.2) is 0 Å². The lowest BCUT2D eigenvalue weighted by Crippen LogP contribution is -2.18. The summed E-state index contributed by atoms with van der Waals surface area (Å²) in [4.78, 5) is 25.6. The van der Waals surface area contributed by atoms with E-state index >= 15 is 0 Å². The Morgan fingerprint density at radius 2 is 1.60 bits per heavy atom. The Hall–Kier alpha value is -2.42. The molecule has 25 heavy (non-hydrogen) atoms. The van der Waals surface area contributed by atoms with E-state index in [-0.39, 0.29) is 17.5 Å². The van der Waals surface area contributed by atoms with Gasteiger partial charge < -0.3 is 4.74 Å². The van der Waals surface area contributed by atoms with Gasteiger partial charge in [-0.1, -0.05) is 29.8 Å². The molecule has 1 saturated carbocycles. The molecule has 2 atom stereocenters. The molecule has 3 heteroatoms. The molecular formula is C22H24O3. The van der Waals surface area contributed by atoms with Crippen molar-refractivity contribution in [3.05, 3.63) is 64.2 Å². The molecule has 1 aliphatic rings. The predicted octanol–water partition coefficient (Wildman–Crippen LogP) is 4.10. The highest BCUT2D eigenvalue weighted by molar-refractivity contribution is 6.15. The van der Waals surface area contributed by atoms with Crippen LogP contribution in [0.5, 0.6) is 5.75 Å². The van der Waals surface area contributed by atoms with Crippen molar-refractivity contribution in [1.29, 1.82) is 0 Å². The molecule has 1 fully saturated rings. The number of hydrogen-bond acceptors (Lipinski definition) is 3. The Labute approximate surface area is 149 Å². The maximum absolute atomic E-state index is 13.0. The minimum Gasteiger partial charge on any atom is -0.497 e. The third-order valence-corrected chi connectivity index (χ3v) is 5.12. The largest absolute Gasteiger partial charge is 0.497 e. The molecule has 2 aromatic rings. The van der Waals surface area contributed by atoms with E-state index in [1.165, 1.54) is 0 Å². The van der Waals surface area contributed by atoms with E-state index in [2.05, 4.69) is 12.1 Å². The van der Waals surface area contributed by atoms with Crippen molar-refractivity contribution < 1.29 is 14.3 Å². The van der Waals surface area contributed by atoms with Crippen molar-refractivity contribution in [2.45, 2.75) is 39.5 Å². The molecule has 2 aromatic carbocycles. The molecule has 0 amide bonds. The lowest BCUT2D eigenvalue weighted by atomic mass is 9.86. The van der Waals surface area contributed by atoms with Crippen LogP contribution in [0.15, 0.2) is 36.4 Å². The SMILES string of the molecule is COc1ccc(CC2CC(=O)C(c3c(C)cc(C)cc3C)C2=O)cc1. The van der Waals surface area contributed by atoms with Crippen LogP contribution >= 0.6 is 0 Å². The number of ketones is 2. The summed E-state index contributed by atoms with van der Waals surface area (Å²) in [6.45, 7) is 6.02. The molecule has 0 heterocycles. The summed E-state index contributed by atoms with van der Waals surface area (Å²) in [6, 6.07) is 11.8. The minimum absolute atomic E-state index is 0.0542. The molecule has 1 aliphatic carbocycles. The molecule has 0 radical (unpaired) electrons. The lowest BCUT2D eigenvalue weighted by molar-refractivity contribution is -0.124. The second-order valence-electron chi connectivity index (χ2n) is 7.07. The van der Waals surface area contributed by atoms with Crippen molar-refractivity contribution >= 4 is 11.6 Å². The Balaban J connectivity index is 1.85. The molecule has 0 aliphatic heterocycles. The highest BCUT2D eigenvalue weighted by atomic mass is 16.5. The van der Waals surface area contributed by atoms with Gasteiger partial charge in [0.25, 0.3) is 0 Å². The number of aryl methyl sites for hydroxylation is 3. The Morgan fingerprint density at radius 1 is 1.00 bits per heavy atom. The van der Waals surface area contributed by atoms with Crippen LogP contribution in [-0.4, -0.2) is 18.7 Å². The van der Waals surface area contributed by atoms with Crippen LogP contribution in [0, 0.1) is 26.7 Å². The van der Waals surface area contributed by atoms with Crippen molar-refractivity contribution in [3.63, 3.8) is 0 Å². The third-order valence-electron chi connectivity index (χ3n) is 5.12. The highest BCUT2D eigenvalue weighted by Gasteiger charge is 2.42. The van der Waals surface area contributed by atoms with Crippen molar-refractivity contribution in [3.8, 4) is 5.75 Å². The molecule has 0 aromatic heterocycles. The summed E-state index contributed by atoms with van der Waals surface area (Å²) < 4.78 is 5.17. The third kappa shape index (κ3) is 3.37. The number of Topliss-reactive ketones (excluding diaryl/α,β-unsaturated/α-hetero) is 2. The second kappa shape index (κ2) is 6.83. The fourth-order valence-electron chi connectivity index (χ4n) is 4.02. The maximum atomic E-state index is 13.0. The van der Waals surface area contributed by atoms with Crippen molar-refractivity contribution in [2.75, 3.05) is 7.11 Å². The molecular weight excluding hydrogens is 312 g/mol. The number of ether oxygens (including phenoxy) is 1. The number of carbonyl (C=O) groups is 2. The smallest absolute Gasteiger partial charge is 0.151 e. The summed E-state index contributed by atoms with van der Waals surface area (Å²) in [5.41, 5.74) is 5.21. The number of methoxy groups -OCH3 is 1. The minimum atomic E-state index is -0.594. The van der Waals surface area contributed by atoms with Gasteiger partial charge in [0.05, 0.1) is 7.11 Å². The first kappa shape index (κ1) is 17.4. The number of carbonyl (C=O) groups excluding carboxylic acids is 2. The average molecular weight is 336 g/mol.